The molecule has 3 aromatic heterocycles. The summed E-state index contributed by atoms with van der Waals surface area (Å²) in [6.07, 6.45) is 12.0. The first-order chi connectivity index (χ1) is 27.8. The van der Waals surface area contributed by atoms with Gasteiger partial charge in [-0.3, -0.25) is 38.9 Å². The largest absolute Gasteiger partial charge is 0.384 e. The van der Waals surface area contributed by atoms with Crippen molar-refractivity contribution in [2.75, 3.05) is 23.7 Å². The Balaban J connectivity index is 0.835. The van der Waals surface area contributed by atoms with E-state index in [1.165, 1.54) is 12.8 Å². The van der Waals surface area contributed by atoms with Crippen LogP contribution in [0.2, 0.25) is 0 Å². The molecule has 16 heteroatoms. The Hall–Kier alpha value is -6.89. The number of piperidine rings is 1. The summed E-state index contributed by atoms with van der Waals surface area (Å²) in [7, 11) is 0. The highest BCUT2D eigenvalue weighted by Crippen LogP contribution is 2.37. The number of anilines is 3. The summed E-state index contributed by atoms with van der Waals surface area (Å²) in [6, 6.07) is 15.3. The molecule has 16 nitrogen and oxygen atoms in total. The Morgan fingerprint density at radius 1 is 0.965 bits per heavy atom. The number of carbonyl (C=O) groups is 5. The number of unbranched alkanes of at least 4 members (excludes halogenated alkanes) is 1. The van der Waals surface area contributed by atoms with E-state index in [1.807, 2.05) is 23.1 Å². The van der Waals surface area contributed by atoms with Gasteiger partial charge in [-0.05, 0) is 80.5 Å². The van der Waals surface area contributed by atoms with E-state index in [2.05, 4.69) is 42.4 Å². The van der Waals surface area contributed by atoms with Crippen LogP contribution in [0.4, 0.5) is 17.3 Å². The molecule has 1 saturated heterocycles. The quantitative estimate of drug-likeness (QED) is 0.0727. The Morgan fingerprint density at radius 2 is 1.77 bits per heavy atom. The third-order valence-electron chi connectivity index (χ3n) is 11.0. The molecule has 0 spiro atoms. The van der Waals surface area contributed by atoms with Crippen LogP contribution in [0.5, 0.6) is 0 Å². The van der Waals surface area contributed by atoms with Crippen molar-refractivity contribution in [2.24, 2.45) is 5.92 Å². The number of aromatic amines is 1. The molecule has 5 heterocycles. The number of amides is 5. The number of carbonyl (C=O) groups excluding carboxylic acids is 5. The molecule has 290 valence electrons. The van der Waals surface area contributed by atoms with Crippen molar-refractivity contribution in [3.8, 4) is 17.3 Å². The summed E-state index contributed by atoms with van der Waals surface area (Å²) in [4.78, 5) is 77.0. The molecule has 57 heavy (non-hydrogen) atoms. The summed E-state index contributed by atoms with van der Waals surface area (Å²) >= 11 is 0. The number of nitrogens with zero attached hydrogens (tertiary/aromatic N) is 6. The number of fused-ring (bicyclic) bond motifs is 2. The van der Waals surface area contributed by atoms with Gasteiger partial charge in [-0.2, -0.15) is 15.3 Å². The zero-order valence-corrected chi connectivity index (χ0v) is 31.1. The van der Waals surface area contributed by atoms with Gasteiger partial charge in [0, 0.05) is 59.8 Å². The second-order valence-corrected chi connectivity index (χ2v) is 14.6. The molecule has 5 aromatic rings. The SMILES string of the molecule is N#CCC(C1CCCC1)n1cc(-c2nc(Nc3ccc(C(=O)NCCCCNc4cccc5c4C(=O)N(C4CCC(=O)NC4=O)C5=O)cc3)nc3[nH]ccc23)cn1. The van der Waals surface area contributed by atoms with Crippen LogP contribution in [0.3, 0.4) is 0 Å². The molecule has 5 amide bonds. The van der Waals surface area contributed by atoms with E-state index in [4.69, 9.17) is 4.98 Å². The third kappa shape index (κ3) is 7.56. The van der Waals surface area contributed by atoms with Gasteiger partial charge in [-0.1, -0.05) is 18.9 Å². The average Bonchev–Trinajstić information content (AvgIpc) is 4.05. The smallest absolute Gasteiger partial charge is 0.264 e. The molecule has 3 aliphatic rings. The number of aromatic nitrogens is 5. The van der Waals surface area contributed by atoms with E-state index in [0.29, 0.717) is 66.8 Å². The summed E-state index contributed by atoms with van der Waals surface area (Å²) in [5, 5.41) is 26.7. The Morgan fingerprint density at radius 3 is 2.56 bits per heavy atom. The lowest BCUT2D eigenvalue weighted by Gasteiger charge is -2.27. The third-order valence-corrected chi connectivity index (χ3v) is 11.0. The molecule has 0 radical (unpaired) electrons. The highest BCUT2D eigenvalue weighted by atomic mass is 16.2. The standard InChI is InChI=1S/C41H41N11O5/c42-18-16-31(24-6-1-2-7-24)51-23-26(22-46-51)35-29-17-21-44-36(29)50-41(49-35)47-27-12-10-25(11-13-27)37(54)45-20-4-3-19-43-30-9-5-8-28-34(30)40(57)52(39(28)56)32-14-15-33(53)48-38(32)55/h5,8-13,17,21-24,31-32,43H,1-4,6-7,14-16,19-20H2,(H,45,54)(H,48,53,55)(H2,44,47,49,50). The summed E-state index contributed by atoms with van der Waals surface area (Å²) in [5.41, 5.74) is 4.33. The van der Waals surface area contributed by atoms with Gasteiger partial charge in [-0.25, -0.2) is 4.98 Å². The van der Waals surface area contributed by atoms with Crippen LogP contribution in [0.25, 0.3) is 22.3 Å². The molecule has 1 aliphatic carbocycles. The van der Waals surface area contributed by atoms with Crippen molar-refractivity contribution < 1.29 is 24.0 Å². The van der Waals surface area contributed by atoms with Crippen molar-refractivity contribution >= 4 is 57.9 Å². The fourth-order valence-corrected chi connectivity index (χ4v) is 8.04. The molecule has 2 unspecified atom stereocenters. The first-order valence-electron chi connectivity index (χ1n) is 19.3. The highest BCUT2D eigenvalue weighted by molar-refractivity contribution is 6.25. The van der Waals surface area contributed by atoms with Gasteiger partial charge in [0.2, 0.25) is 17.8 Å². The van der Waals surface area contributed by atoms with E-state index < -0.39 is 29.7 Å². The lowest BCUT2D eigenvalue weighted by atomic mass is 9.96. The minimum atomic E-state index is -1.03. The van der Waals surface area contributed by atoms with Gasteiger partial charge < -0.3 is 20.9 Å². The van der Waals surface area contributed by atoms with Gasteiger partial charge >= 0.3 is 0 Å². The van der Waals surface area contributed by atoms with Crippen LogP contribution in [0.1, 0.15) is 94.9 Å². The van der Waals surface area contributed by atoms with E-state index in [-0.39, 0.29) is 35.9 Å². The number of imide groups is 2. The van der Waals surface area contributed by atoms with Crippen molar-refractivity contribution in [1.29, 1.82) is 5.26 Å². The topological polar surface area (TPSA) is 220 Å². The molecular weight excluding hydrogens is 727 g/mol. The zero-order valence-electron chi connectivity index (χ0n) is 31.1. The van der Waals surface area contributed by atoms with Gasteiger partial charge in [0.05, 0.1) is 41.5 Å². The minimum Gasteiger partial charge on any atom is -0.384 e. The van der Waals surface area contributed by atoms with Crippen LogP contribution in [0.15, 0.2) is 67.1 Å². The maximum atomic E-state index is 13.3. The second-order valence-electron chi connectivity index (χ2n) is 14.6. The summed E-state index contributed by atoms with van der Waals surface area (Å²) in [5.74, 6) is -1.59. The monoisotopic (exact) mass is 767 g/mol. The second kappa shape index (κ2) is 16.1. The number of nitrogens with one attached hydrogen (secondary N) is 5. The normalized spacial score (nSPS) is 17.4. The molecule has 5 N–H and O–H groups in total. The minimum absolute atomic E-state index is 0.0333. The predicted molar refractivity (Wildman–Crippen MR) is 209 cm³/mol. The average molecular weight is 768 g/mol. The summed E-state index contributed by atoms with van der Waals surface area (Å²) in [6.45, 7) is 0.907. The Bertz CT molecular complexity index is 2410. The van der Waals surface area contributed by atoms with Crippen LogP contribution in [0, 0.1) is 17.2 Å². The highest BCUT2D eigenvalue weighted by Gasteiger charge is 2.45. The van der Waals surface area contributed by atoms with Crippen LogP contribution in [-0.2, 0) is 9.59 Å². The molecule has 8 rings (SSSR count). The molecule has 2 atom stereocenters. The fourth-order valence-electron chi connectivity index (χ4n) is 8.04. The first-order valence-corrected chi connectivity index (χ1v) is 19.3. The molecule has 0 bridgehead atoms. The van der Waals surface area contributed by atoms with Gasteiger partial charge in [-0.15, -0.1) is 0 Å². The molecule has 1 saturated carbocycles. The lowest BCUT2D eigenvalue weighted by molar-refractivity contribution is -0.136. The van der Waals surface area contributed by atoms with E-state index in [1.54, 1.807) is 48.7 Å². The van der Waals surface area contributed by atoms with Crippen molar-refractivity contribution in [1.82, 2.24) is 40.3 Å². The lowest BCUT2D eigenvalue weighted by Crippen LogP contribution is -2.54. The maximum Gasteiger partial charge on any atom is 0.264 e. The number of hydrogen-bond acceptors (Lipinski definition) is 11. The number of nitriles is 1. The van der Waals surface area contributed by atoms with E-state index in [9.17, 15) is 29.2 Å². The summed E-state index contributed by atoms with van der Waals surface area (Å²) < 4.78 is 1.92. The van der Waals surface area contributed by atoms with Gasteiger partial charge in [0.1, 0.15) is 11.7 Å². The fraction of sp³-hybridized carbons (Fsp3) is 0.341. The molecule has 2 aliphatic heterocycles. The van der Waals surface area contributed by atoms with E-state index in [0.717, 1.165) is 34.4 Å². The zero-order chi connectivity index (χ0) is 39.5. The Kier molecular flexibility index (Phi) is 10.4. The van der Waals surface area contributed by atoms with Gasteiger partial charge in [0.15, 0.2) is 0 Å². The molecule has 2 aromatic carbocycles. The first kappa shape index (κ1) is 37.1. The predicted octanol–water partition coefficient (Wildman–Crippen LogP) is 5.23. The number of rotatable bonds is 14. The Labute approximate surface area is 327 Å². The van der Waals surface area contributed by atoms with Crippen LogP contribution < -0.4 is 21.3 Å². The van der Waals surface area contributed by atoms with Crippen molar-refractivity contribution in [2.45, 2.75) is 69.9 Å². The van der Waals surface area contributed by atoms with Crippen LogP contribution in [-0.4, -0.2) is 78.3 Å². The van der Waals surface area contributed by atoms with Gasteiger partial charge in [0.25, 0.3) is 17.7 Å². The molecular formula is C41H41N11O5. The van der Waals surface area contributed by atoms with Crippen molar-refractivity contribution in [3.05, 3.63) is 83.8 Å². The van der Waals surface area contributed by atoms with Crippen molar-refractivity contribution in [3.63, 3.8) is 0 Å². The molecule has 2 fully saturated rings. The van der Waals surface area contributed by atoms with E-state index >= 15 is 0 Å². The maximum absolute atomic E-state index is 13.3. The number of hydrogen-bond donors (Lipinski definition) is 5. The number of H-pyrrole nitrogens is 1. The number of benzene rings is 2. The van der Waals surface area contributed by atoms with Crippen LogP contribution >= 0.6 is 0 Å².